The Morgan fingerprint density at radius 1 is 1.30 bits per heavy atom. The lowest BCUT2D eigenvalue weighted by Gasteiger charge is -2.19. The fourth-order valence-corrected chi connectivity index (χ4v) is 2.37. The summed E-state index contributed by atoms with van der Waals surface area (Å²) in [4.78, 5) is 26.0. The van der Waals surface area contributed by atoms with E-state index in [0.29, 0.717) is 21.8 Å². The highest BCUT2D eigenvalue weighted by Crippen LogP contribution is 2.23. The highest BCUT2D eigenvalue weighted by Gasteiger charge is 2.22. The number of anilines is 1. The summed E-state index contributed by atoms with van der Waals surface area (Å²) in [5.74, 6) is -0.742. The maximum Gasteiger partial charge on any atom is 0.339 e. The molecule has 6 nitrogen and oxygen atoms in total. The van der Waals surface area contributed by atoms with Gasteiger partial charge in [-0.05, 0) is 30.6 Å². The van der Waals surface area contributed by atoms with E-state index in [1.54, 1.807) is 38.2 Å². The number of carbonyl (C=O) groups excluding carboxylic acids is 2. The average molecular weight is 291 g/mol. The van der Waals surface area contributed by atoms with Crippen LogP contribution in [0.1, 0.15) is 25.7 Å². The number of nitrogens with zero attached hydrogens (tertiary/aromatic N) is 3. The van der Waals surface area contributed by atoms with Gasteiger partial charge in [-0.1, -0.05) is 16.6 Å². The van der Waals surface area contributed by atoms with E-state index in [9.17, 15) is 9.59 Å². The van der Waals surface area contributed by atoms with Gasteiger partial charge in [0.05, 0.1) is 24.1 Å². The number of para-hydroxylation sites is 1. The molecule has 104 valence electrons. The van der Waals surface area contributed by atoms with Gasteiger partial charge in [0.2, 0.25) is 0 Å². The molecule has 0 aliphatic rings. The molecule has 0 unspecified atom stereocenters. The molecule has 20 heavy (non-hydrogen) atoms. The second-order valence-electron chi connectivity index (χ2n) is 4.06. The second kappa shape index (κ2) is 5.79. The van der Waals surface area contributed by atoms with Gasteiger partial charge < -0.3 is 9.64 Å². The first kappa shape index (κ1) is 14.1. The Bertz CT molecular complexity index is 654. The zero-order valence-electron chi connectivity index (χ0n) is 11.3. The zero-order chi connectivity index (χ0) is 14.7. The van der Waals surface area contributed by atoms with Crippen LogP contribution in [-0.4, -0.2) is 35.6 Å². The van der Waals surface area contributed by atoms with E-state index in [1.165, 1.54) is 12.0 Å². The molecule has 2 aromatic rings. The maximum atomic E-state index is 12.4. The van der Waals surface area contributed by atoms with E-state index < -0.39 is 5.97 Å². The van der Waals surface area contributed by atoms with Crippen LogP contribution in [0.3, 0.4) is 0 Å². The summed E-state index contributed by atoms with van der Waals surface area (Å²) < 4.78 is 8.47. The number of ether oxygens (including phenoxy) is 1. The Balaban J connectivity index is 2.39. The second-order valence-corrected chi connectivity index (χ2v) is 4.81. The third-order valence-corrected chi connectivity index (χ3v) is 3.64. The molecule has 0 aliphatic carbocycles. The van der Waals surface area contributed by atoms with E-state index in [4.69, 9.17) is 4.74 Å². The number of hydrogen-bond donors (Lipinski definition) is 0. The molecule has 0 atom stereocenters. The molecule has 1 aromatic carbocycles. The van der Waals surface area contributed by atoms with Crippen LogP contribution in [0.2, 0.25) is 0 Å². The SMILES string of the molecule is COC(=O)c1ccccc1N(C)C(=O)c1snnc1C. The Labute approximate surface area is 120 Å². The molecular weight excluding hydrogens is 278 g/mol. The molecule has 7 heteroatoms. The molecule has 0 N–H and O–H groups in total. The van der Waals surface area contributed by atoms with Gasteiger partial charge in [0.15, 0.2) is 0 Å². The van der Waals surface area contributed by atoms with Gasteiger partial charge in [0.25, 0.3) is 5.91 Å². The number of hydrogen-bond acceptors (Lipinski definition) is 6. The number of amides is 1. The van der Waals surface area contributed by atoms with Gasteiger partial charge in [0.1, 0.15) is 4.88 Å². The van der Waals surface area contributed by atoms with E-state index in [-0.39, 0.29) is 5.91 Å². The normalized spacial score (nSPS) is 10.2. The Morgan fingerprint density at radius 2 is 2.00 bits per heavy atom. The van der Waals surface area contributed by atoms with Crippen molar-refractivity contribution in [2.75, 3.05) is 19.1 Å². The maximum absolute atomic E-state index is 12.4. The molecular formula is C13H13N3O3S. The molecule has 0 saturated carbocycles. The minimum Gasteiger partial charge on any atom is -0.465 e. The van der Waals surface area contributed by atoms with Gasteiger partial charge in [0, 0.05) is 7.05 Å². The lowest BCUT2D eigenvalue weighted by atomic mass is 10.1. The minimum absolute atomic E-state index is 0.256. The van der Waals surface area contributed by atoms with Crippen LogP contribution in [0.15, 0.2) is 24.3 Å². The number of esters is 1. The molecule has 0 bridgehead atoms. The van der Waals surface area contributed by atoms with Crippen molar-refractivity contribution in [3.05, 3.63) is 40.4 Å². The third kappa shape index (κ3) is 2.53. The summed E-state index contributed by atoms with van der Waals surface area (Å²) in [6.45, 7) is 1.72. The van der Waals surface area contributed by atoms with E-state index in [0.717, 1.165) is 11.5 Å². The van der Waals surface area contributed by atoms with Gasteiger partial charge in [-0.2, -0.15) is 0 Å². The summed E-state index contributed by atoms with van der Waals surface area (Å²) in [5.41, 5.74) is 1.39. The monoisotopic (exact) mass is 291 g/mol. The van der Waals surface area contributed by atoms with Crippen LogP contribution in [0.25, 0.3) is 0 Å². The fourth-order valence-electron chi connectivity index (χ4n) is 1.74. The van der Waals surface area contributed by atoms with Crippen molar-refractivity contribution in [3.63, 3.8) is 0 Å². The fraction of sp³-hybridized carbons (Fsp3) is 0.231. The van der Waals surface area contributed by atoms with Gasteiger partial charge in [-0.15, -0.1) is 5.10 Å². The molecule has 0 saturated heterocycles. The average Bonchev–Trinajstić information content (AvgIpc) is 2.91. The lowest BCUT2D eigenvalue weighted by molar-refractivity contribution is 0.0601. The number of methoxy groups -OCH3 is 1. The lowest BCUT2D eigenvalue weighted by Crippen LogP contribution is -2.28. The van der Waals surface area contributed by atoms with Crippen LogP contribution >= 0.6 is 11.5 Å². The van der Waals surface area contributed by atoms with Crippen molar-refractivity contribution in [2.24, 2.45) is 0 Å². The van der Waals surface area contributed by atoms with E-state index >= 15 is 0 Å². The molecule has 1 aromatic heterocycles. The van der Waals surface area contributed by atoms with Crippen molar-refractivity contribution < 1.29 is 14.3 Å². The molecule has 1 amide bonds. The largest absolute Gasteiger partial charge is 0.465 e. The number of benzene rings is 1. The third-order valence-electron chi connectivity index (χ3n) is 2.82. The first-order valence-corrected chi connectivity index (χ1v) is 6.58. The molecule has 0 spiro atoms. The first-order valence-electron chi connectivity index (χ1n) is 5.80. The predicted octanol–water partition coefficient (Wildman–Crippen LogP) is 1.91. The Morgan fingerprint density at radius 3 is 2.60 bits per heavy atom. The van der Waals surface area contributed by atoms with Crippen molar-refractivity contribution >= 4 is 29.1 Å². The van der Waals surface area contributed by atoms with Crippen LogP contribution in [0, 0.1) is 6.92 Å². The number of aryl methyl sites for hydroxylation is 1. The van der Waals surface area contributed by atoms with Crippen molar-refractivity contribution in [1.82, 2.24) is 9.59 Å². The molecule has 0 fully saturated rings. The highest BCUT2D eigenvalue weighted by atomic mass is 32.1. The zero-order valence-corrected chi connectivity index (χ0v) is 12.1. The minimum atomic E-state index is -0.487. The van der Waals surface area contributed by atoms with Crippen molar-refractivity contribution in [1.29, 1.82) is 0 Å². The van der Waals surface area contributed by atoms with Gasteiger partial charge >= 0.3 is 5.97 Å². The topological polar surface area (TPSA) is 72.4 Å². The number of rotatable bonds is 3. The van der Waals surface area contributed by atoms with E-state index in [2.05, 4.69) is 9.59 Å². The number of aromatic nitrogens is 2. The van der Waals surface area contributed by atoms with Crippen LogP contribution < -0.4 is 4.90 Å². The molecule has 2 rings (SSSR count). The van der Waals surface area contributed by atoms with Gasteiger partial charge in [-0.25, -0.2) is 4.79 Å². The summed E-state index contributed by atoms with van der Waals surface area (Å²) in [6.07, 6.45) is 0. The number of carbonyl (C=O) groups is 2. The Kier molecular flexibility index (Phi) is 4.09. The van der Waals surface area contributed by atoms with Crippen molar-refractivity contribution in [2.45, 2.75) is 6.92 Å². The highest BCUT2D eigenvalue weighted by molar-refractivity contribution is 7.08. The summed E-state index contributed by atoms with van der Waals surface area (Å²) in [7, 11) is 2.90. The Hall–Kier alpha value is -2.28. The smallest absolute Gasteiger partial charge is 0.339 e. The van der Waals surface area contributed by atoms with Crippen LogP contribution in [-0.2, 0) is 4.74 Å². The quantitative estimate of drug-likeness (QED) is 0.808. The van der Waals surface area contributed by atoms with Gasteiger partial charge in [-0.3, -0.25) is 4.79 Å². The standard InChI is InChI=1S/C13H13N3O3S/c1-8-11(20-15-14-8)12(17)16(2)10-7-5-4-6-9(10)13(18)19-3/h4-7H,1-3H3. The summed E-state index contributed by atoms with van der Waals surface area (Å²) >= 11 is 1.03. The van der Waals surface area contributed by atoms with Crippen molar-refractivity contribution in [3.8, 4) is 0 Å². The van der Waals surface area contributed by atoms with Crippen LogP contribution in [0.5, 0.6) is 0 Å². The molecule has 0 aliphatic heterocycles. The molecule has 1 heterocycles. The summed E-state index contributed by atoms with van der Waals surface area (Å²) in [6, 6.07) is 6.77. The predicted molar refractivity (Wildman–Crippen MR) is 75.2 cm³/mol. The van der Waals surface area contributed by atoms with E-state index in [1.807, 2.05) is 0 Å². The molecule has 0 radical (unpaired) electrons. The summed E-state index contributed by atoms with van der Waals surface area (Å²) in [5, 5.41) is 3.82. The van der Waals surface area contributed by atoms with Crippen LogP contribution in [0.4, 0.5) is 5.69 Å². The first-order chi connectivity index (χ1) is 9.56.